The summed E-state index contributed by atoms with van der Waals surface area (Å²) in [5.41, 5.74) is 3.82. The summed E-state index contributed by atoms with van der Waals surface area (Å²) in [6.07, 6.45) is 8.68. The summed E-state index contributed by atoms with van der Waals surface area (Å²) >= 11 is 1.36. The number of thiophene rings is 1. The molecular formula is C45H52N4O6S. The molecule has 0 aliphatic heterocycles. The molecule has 0 radical (unpaired) electrons. The third kappa shape index (κ3) is 11.6. The van der Waals surface area contributed by atoms with E-state index in [-0.39, 0.29) is 11.8 Å². The smallest absolute Gasteiger partial charge is 0.329 e. The van der Waals surface area contributed by atoms with E-state index >= 15 is 0 Å². The standard InChI is InChI=1S/C45H52N4O6S/c1-6-7-8-9-13-26-55-35-22-20-31(21-23-35)34-28-46-41(47-29-34)33-18-16-30(17-19-33)27-36(48-43(51)37-24-25-38(56-37)45(2,3)4)42(50)49-39(44(52)53)40(54-5)32-14-11-10-12-15-32/h10-12,14-25,28-29,36,39-40H,6-9,13,26-27H2,1-5H3,(H,48,51)(H,49,50)(H,52,53). The van der Waals surface area contributed by atoms with E-state index in [1.807, 2.05) is 60.7 Å². The number of amides is 2. The fourth-order valence-electron chi connectivity index (χ4n) is 6.22. The average Bonchev–Trinajstić information content (AvgIpc) is 3.72. The number of aromatic nitrogens is 2. The van der Waals surface area contributed by atoms with E-state index in [1.54, 1.807) is 42.7 Å². The second kappa shape index (κ2) is 20.0. The zero-order valence-electron chi connectivity index (χ0n) is 32.8. The number of ether oxygens (including phenoxy) is 2. The molecule has 56 heavy (non-hydrogen) atoms. The van der Waals surface area contributed by atoms with Gasteiger partial charge in [-0.2, -0.15) is 0 Å². The van der Waals surface area contributed by atoms with Gasteiger partial charge in [-0.1, -0.05) is 120 Å². The number of methoxy groups -OCH3 is 1. The number of carbonyl (C=O) groups excluding carboxylic acids is 2. The fraction of sp³-hybridized carbons (Fsp3) is 0.356. The van der Waals surface area contributed by atoms with Crippen LogP contribution in [-0.2, 0) is 26.2 Å². The summed E-state index contributed by atoms with van der Waals surface area (Å²) in [4.78, 5) is 50.7. The molecule has 11 heteroatoms. The molecule has 3 aromatic carbocycles. The maximum Gasteiger partial charge on any atom is 0.329 e. The summed E-state index contributed by atoms with van der Waals surface area (Å²) in [5, 5.41) is 15.7. The monoisotopic (exact) mass is 776 g/mol. The zero-order valence-corrected chi connectivity index (χ0v) is 33.6. The van der Waals surface area contributed by atoms with E-state index in [1.165, 1.54) is 44.1 Å². The van der Waals surface area contributed by atoms with Crippen LogP contribution in [0.15, 0.2) is 103 Å². The molecule has 5 aromatic rings. The van der Waals surface area contributed by atoms with Crippen LogP contribution < -0.4 is 15.4 Å². The van der Waals surface area contributed by atoms with Gasteiger partial charge in [0.1, 0.15) is 17.9 Å². The van der Waals surface area contributed by atoms with Crippen LogP contribution in [0.1, 0.15) is 91.6 Å². The highest BCUT2D eigenvalue weighted by atomic mass is 32.1. The van der Waals surface area contributed by atoms with Gasteiger partial charge in [0.05, 0.1) is 11.5 Å². The topological polar surface area (TPSA) is 140 Å². The molecule has 10 nitrogen and oxygen atoms in total. The third-order valence-corrected chi connectivity index (χ3v) is 11.0. The Morgan fingerprint density at radius 1 is 0.786 bits per heavy atom. The Balaban J connectivity index is 1.29. The normalized spacial score (nSPS) is 13.0. The van der Waals surface area contributed by atoms with Crippen LogP contribution in [-0.4, -0.2) is 58.7 Å². The van der Waals surface area contributed by atoms with Crippen LogP contribution in [0.5, 0.6) is 5.75 Å². The van der Waals surface area contributed by atoms with Gasteiger partial charge in [0, 0.05) is 41.9 Å². The largest absolute Gasteiger partial charge is 0.494 e. The number of carboxylic acids is 1. The molecule has 2 heterocycles. The van der Waals surface area contributed by atoms with Crippen molar-refractivity contribution in [2.75, 3.05) is 13.7 Å². The van der Waals surface area contributed by atoms with Crippen LogP contribution in [0.2, 0.25) is 0 Å². The third-order valence-electron chi connectivity index (χ3n) is 9.45. The molecule has 0 aliphatic carbocycles. The van der Waals surface area contributed by atoms with E-state index in [0.29, 0.717) is 22.9 Å². The lowest BCUT2D eigenvalue weighted by atomic mass is 9.95. The molecular weight excluding hydrogens is 725 g/mol. The average molecular weight is 777 g/mol. The summed E-state index contributed by atoms with van der Waals surface area (Å²) in [6, 6.07) is 25.3. The number of carboxylic acid groups (broad SMARTS) is 1. The molecule has 5 rings (SSSR count). The molecule has 3 unspecified atom stereocenters. The molecule has 2 amide bonds. The zero-order chi connectivity index (χ0) is 40.1. The second-order valence-electron chi connectivity index (χ2n) is 14.8. The van der Waals surface area contributed by atoms with Crippen molar-refractivity contribution in [3.63, 3.8) is 0 Å². The van der Waals surface area contributed by atoms with Crippen molar-refractivity contribution < 1.29 is 29.0 Å². The Labute approximate surface area is 333 Å². The highest BCUT2D eigenvalue weighted by molar-refractivity contribution is 7.14. The van der Waals surface area contributed by atoms with Crippen molar-refractivity contribution in [2.45, 2.75) is 89.8 Å². The van der Waals surface area contributed by atoms with Crippen molar-refractivity contribution in [2.24, 2.45) is 0 Å². The first-order valence-electron chi connectivity index (χ1n) is 19.1. The minimum atomic E-state index is -1.41. The van der Waals surface area contributed by atoms with Crippen molar-refractivity contribution in [3.8, 4) is 28.3 Å². The molecule has 0 saturated heterocycles. The van der Waals surface area contributed by atoms with E-state index in [0.717, 1.165) is 39.3 Å². The van der Waals surface area contributed by atoms with E-state index in [9.17, 15) is 19.5 Å². The maximum absolute atomic E-state index is 13.9. The van der Waals surface area contributed by atoms with Gasteiger partial charge in [0.15, 0.2) is 11.9 Å². The highest BCUT2D eigenvalue weighted by Gasteiger charge is 2.34. The predicted molar refractivity (Wildman–Crippen MR) is 221 cm³/mol. The van der Waals surface area contributed by atoms with Crippen LogP contribution in [0.3, 0.4) is 0 Å². The van der Waals surface area contributed by atoms with Gasteiger partial charge in [0.25, 0.3) is 5.91 Å². The molecule has 0 aliphatic rings. The Morgan fingerprint density at radius 3 is 2.05 bits per heavy atom. The van der Waals surface area contributed by atoms with Crippen LogP contribution >= 0.6 is 11.3 Å². The SMILES string of the molecule is CCCCCCCOc1ccc(-c2cnc(-c3ccc(CC(NC(=O)c4ccc(C(C)(C)C)s4)C(=O)NC(C(=O)O)C(OC)c4ccccc4)cc3)nc2)cc1. The van der Waals surface area contributed by atoms with Crippen molar-refractivity contribution in [3.05, 3.63) is 124 Å². The number of nitrogens with one attached hydrogen (secondary N) is 2. The molecule has 0 bridgehead atoms. The highest BCUT2D eigenvalue weighted by Crippen LogP contribution is 2.30. The lowest BCUT2D eigenvalue weighted by Crippen LogP contribution is -2.54. The molecule has 294 valence electrons. The number of rotatable bonds is 19. The van der Waals surface area contributed by atoms with Gasteiger partial charge in [0.2, 0.25) is 5.91 Å². The first kappa shape index (κ1) is 41.8. The molecule has 3 atom stereocenters. The molecule has 0 saturated carbocycles. The minimum absolute atomic E-state index is 0.100. The summed E-state index contributed by atoms with van der Waals surface area (Å²) in [6.45, 7) is 9.12. The van der Waals surface area contributed by atoms with E-state index in [2.05, 4.69) is 48.3 Å². The number of hydrogen-bond acceptors (Lipinski definition) is 8. The number of aliphatic carboxylic acids is 1. The Hall–Kier alpha value is -5.39. The van der Waals surface area contributed by atoms with Crippen molar-refractivity contribution in [1.29, 1.82) is 0 Å². The van der Waals surface area contributed by atoms with Gasteiger partial charge >= 0.3 is 5.97 Å². The van der Waals surface area contributed by atoms with E-state index < -0.39 is 36.0 Å². The Bertz CT molecular complexity index is 2010. The second-order valence-corrected chi connectivity index (χ2v) is 15.9. The number of carbonyl (C=O) groups is 3. The summed E-state index contributed by atoms with van der Waals surface area (Å²) in [7, 11) is 1.39. The molecule has 0 fully saturated rings. The minimum Gasteiger partial charge on any atom is -0.494 e. The lowest BCUT2D eigenvalue weighted by Gasteiger charge is -2.26. The fourth-order valence-corrected chi connectivity index (χ4v) is 7.19. The number of nitrogens with zero attached hydrogens (tertiary/aromatic N) is 2. The lowest BCUT2D eigenvalue weighted by molar-refractivity contribution is -0.146. The van der Waals surface area contributed by atoms with Crippen molar-refractivity contribution in [1.82, 2.24) is 20.6 Å². The number of hydrogen-bond donors (Lipinski definition) is 3. The van der Waals surface area contributed by atoms with Gasteiger partial charge in [-0.25, -0.2) is 14.8 Å². The van der Waals surface area contributed by atoms with Crippen LogP contribution in [0.4, 0.5) is 0 Å². The molecule has 3 N–H and O–H groups in total. The number of benzene rings is 3. The van der Waals surface area contributed by atoms with Gasteiger partial charge in [-0.15, -0.1) is 11.3 Å². The van der Waals surface area contributed by atoms with Crippen LogP contribution in [0, 0.1) is 0 Å². The van der Waals surface area contributed by atoms with Gasteiger partial charge in [-0.3, -0.25) is 9.59 Å². The van der Waals surface area contributed by atoms with E-state index in [4.69, 9.17) is 9.47 Å². The summed E-state index contributed by atoms with van der Waals surface area (Å²) in [5.74, 6) is -0.961. The maximum atomic E-state index is 13.9. The predicted octanol–water partition coefficient (Wildman–Crippen LogP) is 8.82. The number of unbranched alkanes of at least 4 members (excludes halogenated alkanes) is 4. The first-order valence-corrected chi connectivity index (χ1v) is 19.9. The quantitative estimate of drug-likeness (QED) is 0.0708. The van der Waals surface area contributed by atoms with Crippen LogP contribution in [0.25, 0.3) is 22.5 Å². The Morgan fingerprint density at radius 2 is 1.45 bits per heavy atom. The van der Waals surface area contributed by atoms with Gasteiger partial charge < -0.3 is 25.2 Å². The Kier molecular flexibility index (Phi) is 14.9. The van der Waals surface area contributed by atoms with Gasteiger partial charge in [-0.05, 0) is 52.8 Å². The molecule has 0 spiro atoms. The summed E-state index contributed by atoms with van der Waals surface area (Å²) < 4.78 is 11.5. The van der Waals surface area contributed by atoms with Crippen molar-refractivity contribution >= 4 is 29.1 Å². The molecule has 2 aromatic heterocycles. The first-order chi connectivity index (χ1) is 27.0.